The second kappa shape index (κ2) is 13.8. The van der Waals surface area contributed by atoms with E-state index in [4.69, 9.17) is 34.3 Å². The summed E-state index contributed by atoms with van der Waals surface area (Å²) in [4.78, 5) is 32.6. The molecule has 0 saturated heterocycles. The maximum absolute atomic E-state index is 8.66. The minimum Gasteiger partial charge on any atom is -0.790 e. The Hall–Kier alpha value is 0.222. The standard InChI is InChI=1S/CH2O3.Cd.2H3N.H3O4P/c2-1(3)4;;;;1-5(2,3)4/h(H2,2,3,4);;2*1H3;(H3,1,2,3,4)/q;+2;;;/p-2. The van der Waals surface area contributed by atoms with Crippen LogP contribution in [0.25, 0.3) is 0 Å². The summed E-state index contributed by atoms with van der Waals surface area (Å²) < 4.78 is 8.66. The summed E-state index contributed by atoms with van der Waals surface area (Å²) >= 11 is 0. The van der Waals surface area contributed by atoms with Gasteiger partial charge in [-0.25, -0.2) is 0 Å². The molecule has 0 aliphatic rings. The predicted octanol–water partition coefficient (Wildman–Crippen LogP) is -3.89. The van der Waals surface area contributed by atoms with E-state index in [0.717, 1.165) is 0 Å². The SMILES string of the molecule is O=C([O-])[O-].O=P([O-])([O-])O.[Cd+2].[NH4+].[NH4+]. The molecule has 0 radical (unpaired) electrons. The van der Waals surface area contributed by atoms with E-state index in [1.165, 1.54) is 0 Å². The van der Waals surface area contributed by atoms with Gasteiger partial charge in [-0.2, -0.15) is 0 Å². The number of carbonyl (C=O) groups is 1. The first kappa shape index (κ1) is 29.5. The molecule has 0 saturated carbocycles. The Balaban J connectivity index is -0.0000000221. The van der Waals surface area contributed by atoms with E-state index >= 15 is 0 Å². The van der Waals surface area contributed by atoms with E-state index in [0.29, 0.717) is 0 Å². The zero-order chi connectivity index (χ0) is 8.08. The van der Waals surface area contributed by atoms with Crippen LogP contribution in [0.4, 0.5) is 4.79 Å². The molecule has 0 aromatic heterocycles. The first-order chi connectivity index (χ1) is 3.73. The van der Waals surface area contributed by atoms with Crippen LogP contribution >= 0.6 is 7.82 Å². The summed E-state index contributed by atoms with van der Waals surface area (Å²) in [6.45, 7) is 0. The molecule has 9 nitrogen and oxygen atoms in total. The van der Waals surface area contributed by atoms with Gasteiger partial charge in [0, 0.05) is 0 Å². The van der Waals surface area contributed by atoms with Crippen LogP contribution in [0.3, 0.4) is 0 Å². The molecule has 0 spiro atoms. The van der Waals surface area contributed by atoms with Crippen LogP contribution in [0.1, 0.15) is 0 Å². The third-order valence-electron chi connectivity index (χ3n) is 0. The van der Waals surface area contributed by atoms with Gasteiger partial charge in [-0.05, 0) is 6.16 Å². The van der Waals surface area contributed by atoms with Gasteiger partial charge in [-0.15, -0.1) is 0 Å². The summed E-state index contributed by atoms with van der Waals surface area (Å²) in [7, 11) is -5.14. The molecule has 12 heavy (non-hydrogen) atoms. The summed E-state index contributed by atoms with van der Waals surface area (Å²) in [5.41, 5.74) is 0. The Labute approximate surface area is 88.0 Å². The molecule has 9 N–H and O–H groups in total. The first-order valence-corrected chi connectivity index (χ1v) is 2.86. The fourth-order valence-electron chi connectivity index (χ4n) is 0. The average molecular weight is 304 g/mol. The molecule has 72 valence electrons. The molecular formula is CH9CdN2O7P. The number of quaternary nitrogens is 2. The van der Waals surface area contributed by atoms with Gasteiger partial charge in [0.15, 0.2) is 0 Å². The fraction of sp³-hybridized carbons (Fsp3) is 0. The Bertz CT molecular complexity index is 121. The van der Waals surface area contributed by atoms with Crippen molar-refractivity contribution in [1.82, 2.24) is 12.3 Å². The summed E-state index contributed by atoms with van der Waals surface area (Å²) in [6.07, 6.45) is -2.33. The van der Waals surface area contributed by atoms with E-state index in [1.54, 1.807) is 0 Å². The van der Waals surface area contributed by atoms with Crippen LogP contribution in [-0.2, 0) is 31.9 Å². The fourth-order valence-corrected chi connectivity index (χ4v) is 0. The monoisotopic (exact) mass is 306 g/mol. The number of carbonyl (C=O) groups excluding carboxylic acids is 1. The van der Waals surface area contributed by atoms with Crippen molar-refractivity contribution in [2.24, 2.45) is 0 Å². The van der Waals surface area contributed by atoms with Crippen LogP contribution < -0.4 is 32.3 Å². The molecule has 0 rings (SSSR count). The van der Waals surface area contributed by atoms with Crippen molar-refractivity contribution in [3.8, 4) is 0 Å². The molecule has 0 heterocycles. The van der Waals surface area contributed by atoms with Gasteiger partial charge in [0.1, 0.15) is 0 Å². The largest absolute Gasteiger partial charge is 2.00 e. The van der Waals surface area contributed by atoms with Crippen LogP contribution in [-0.4, -0.2) is 11.0 Å². The predicted molar refractivity (Wildman–Crippen MR) is 27.2 cm³/mol. The zero-order valence-corrected chi connectivity index (χ0v) is 11.5. The van der Waals surface area contributed by atoms with Crippen LogP contribution in [0.2, 0.25) is 0 Å². The molecular weight excluding hydrogens is 295 g/mol. The number of carboxylic acid groups (broad SMARTS) is 2. The van der Waals surface area contributed by atoms with Crippen LogP contribution in [0.5, 0.6) is 0 Å². The van der Waals surface area contributed by atoms with Crippen molar-refractivity contribution in [2.45, 2.75) is 0 Å². The van der Waals surface area contributed by atoms with Crippen molar-refractivity contribution in [3.63, 3.8) is 0 Å². The molecule has 0 aromatic carbocycles. The van der Waals surface area contributed by atoms with Crippen molar-refractivity contribution >= 4 is 14.0 Å². The normalized spacial score (nSPS) is 6.92. The van der Waals surface area contributed by atoms with Crippen molar-refractivity contribution in [2.75, 3.05) is 0 Å². The Kier molecular flexibility index (Phi) is 33.9. The molecule has 0 atom stereocenters. The van der Waals surface area contributed by atoms with Gasteiger partial charge < -0.3 is 46.6 Å². The number of phosphoric acid groups is 1. The quantitative estimate of drug-likeness (QED) is 0.298. The summed E-state index contributed by atoms with van der Waals surface area (Å²) in [5, 5.41) is 16.7. The zero-order valence-electron chi connectivity index (χ0n) is 6.55. The van der Waals surface area contributed by atoms with Crippen LogP contribution in [0.15, 0.2) is 0 Å². The third-order valence-corrected chi connectivity index (χ3v) is 0. The molecule has 11 heteroatoms. The maximum atomic E-state index is 8.66. The average Bonchev–Trinajstić information content (AvgIpc) is 1.19. The molecule has 0 aliphatic heterocycles. The minimum atomic E-state index is -5.14. The second-order valence-corrected chi connectivity index (χ2v) is 1.66. The molecule has 0 aliphatic carbocycles. The van der Waals surface area contributed by atoms with Crippen LogP contribution in [0, 0.1) is 0 Å². The van der Waals surface area contributed by atoms with Gasteiger partial charge in [0.05, 0.1) is 7.82 Å². The van der Waals surface area contributed by atoms with E-state index in [2.05, 4.69) is 0 Å². The summed E-state index contributed by atoms with van der Waals surface area (Å²) in [5.74, 6) is 0. The van der Waals surface area contributed by atoms with Crippen molar-refractivity contribution < 1.29 is 61.6 Å². The van der Waals surface area contributed by atoms with Crippen molar-refractivity contribution in [1.29, 1.82) is 0 Å². The van der Waals surface area contributed by atoms with E-state index in [9.17, 15) is 0 Å². The first-order valence-electron chi connectivity index (χ1n) is 1.36. The maximum Gasteiger partial charge on any atom is 2.00 e. The van der Waals surface area contributed by atoms with E-state index < -0.39 is 14.0 Å². The smallest absolute Gasteiger partial charge is 0.790 e. The topological polar surface area (TPSA) is 220 Å². The number of hydrogen-bond donors (Lipinski definition) is 3. The van der Waals surface area contributed by atoms with E-state index in [1.807, 2.05) is 0 Å². The molecule has 0 fully saturated rings. The van der Waals surface area contributed by atoms with Crippen molar-refractivity contribution in [3.05, 3.63) is 0 Å². The van der Waals surface area contributed by atoms with Gasteiger partial charge in [-0.3, -0.25) is 0 Å². The van der Waals surface area contributed by atoms with E-state index in [-0.39, 0.29) is 39.6 Å². The molecule has 0 aromatic rings. The van der Waals surface area contributed by atoms with Gasteiger partial charge in [-0.1, -0.05) is 0 Å². The van der Waals surface area contributed by atoms with Gasteiger partial charge in [0.25, 0.3) is 0 Å². The number of hydrogen-bond acceptors (Lipinski definition) is 6. The number of rotatable bonds is 0. The Morgan fingerprint density at radius 2 is 1.17 bits per heavy atom. The second-order valence-electron chi connectivity index (χ2n) is 0.719. The van der Waals surface area contributed by atoms with Gasteiger partial charge in [0.2, 0.25) is 0 Å². The van der Waals surface area contributed by atoms with Gasteiger partial charge >= 0.3 is 27.3 Å². The molecule has 0 bridgehead atoms. The Morgan fingerprint density at radius 3 is 1.17 bits per heavy atom. The minimum absolute atomic E-state index is 0. The summed E-state index contributed by atoms with van der Waals surface area (Å²) in [6, 6.07) is 0. The third kappa shape index (κ3) is 17600. The molecule has 0 unspecified atom stereocenters. The Morgan fingerprint density at radius 1 is 1.17 bits per heavy atom. The molecule has 0 amide bonds.